The fraction of sp³-hybridized carbons (Fsp3) is 0.268. The lowest BCUT2D eigenvalue weighted by molar-refractivity contribution is 0.146. The molecule has 10 heteroatoms. The maximum absolute atomic E-state index is 13.2. The zero-order valence-corrected chi connectivity index (χ0v) is 30.9. The van der Waals surface area contributed by atoms with Gasteiger partial charge in [0.2, 0.25) is 10.0 Å². The van der Waals surface area contributed by atoms with Crippen molar-refractivity contribution >= 4 is 44.2 Å². The number of sulfonamides is 1. The highest BCUT2D eigenvalue weighted by Crippen LogP contribution is 2.45. The Morgan fingerprint density at radius 3 is 2.43 bits per heavy atom. The summed E-state index contributed by atoms with van der Waals surface area (Å²) in [5, 5.41) is 10.4. The van der Waals surface area contributed by atoms with Crippen LogP contribution in [0.4, 0.5) is 0 Å². The summed E-state index contributed by atoms with van der Waals surface area (Å²) in [7, 11) is -3.78. The Labute approximate surface area is 305 Å². The lowest BCUT2D eigenvalue weighted by Crippen LogP contribution is -2.25. The number of aryl methyl sites for hydroxylation is 2. The zero-order valence-electron chi connectivity index (χ0n) is 29.3. The van der Waals surface area contributed by atoms with Gasteiger partial charge in [-0.25, -0.2) is 18.1 Å². The fourth-order valence-electron chi connectivity index (χ4n) is 6.27. The highest BCUT2D eigenvalue weighted by molar-refractivity contribution is 7.99. The number of rotatable bonds is 16. The topological polar surface area (TPSA) is 127 Å². The molecule has 0 aromatic heterocycles. The van der Waals surface area contributed by atoms with E-state index in [2.05, 4.69) is 72.1 Å². The quantitative estimate of drug-likeness (QED) is 0.0873. The first-order valence-electron chi connectivity index (χ1n) is 17.5. The van der Waals surface area contributed by atoms with Crippen molar-refractivity contribution in [2.24, 2.45) is 10.7 Å². The molecule has 1 aliphatic heterocycles. The minimum absolute atomic E-state index is 0.116. The van der Waals surface area contributed by atoms with Gasteiger partial charge in [-0.1, -0.05) is 68.4 Å². The van der Waals surface area contributed by atoms with Gasteiger partial charge in [0, 0.05) is 57.7 Å². The molecule has 0 amide bonds. The summed E-state index contributed by atoms with van der Waals surface area (Å²) in [5.41, 5.74) is 12.0. The van der Waals surface area contributed by atoms with Crippen molar-refractivity contribution in [2.75, 3.05) is 19.8 Å². The van der Waals surface area contributed by atoms with Crippen LogP contribution in [0.2, 0.25) is 0 Å². The van der Waals surface area contributed by atoms with E-state index in [-0.39, 0.29) is 23.1 Å². The third-order valence-corrected chi connectivity index (χ3v) is 11.2. The Kier molecular flexibility index (Phi) is 11.6. The van der Waals surface area contributed by atoms with Crippen molar-refractivity contribution in [1.29, 1.82) is 5.41 Å². The molecule has 0 atom stereocenters. The Balaban J connectivity index is 1.47. The van der Waals surface area contributed by atoms with Crippen LogP contribution >= 0.6 is 11.8 Å². The van der Waals surface area contributed by atoms with Crippen molar-refractivity contribution in [3.8, 4) is 22.6 Å². The van der Waals surface area contributed by atoms with E-state index in [1.807, 2.05) is 25.1 Å². The van der Waals surface area contributed by atoms with Crippen LogP contribution in [0, 0.1) is 5.41 Å². The monoisotopic (exact) mass is 720 g/mol. The Morgan fingerprint density at radius 2 is 1.65 bits per heavy atom. The van der Waals surface area contributed by atoms with Gasteiger partial charge in [0.05, 0.1) is 4.90 Å². The summed E-state index contributed by atoms with van der Waals surface area (Å²) in [6, 6.07) is 29.6. The minimum Gasteiger partial charge on any atom is -0.457 e. The lowest BCUT2D eigenvalue weighted by Gasteiger charge is -2.19. The molecule has 0 spiro atoms. The molecule has 1 heterocycles. The second-order valence-corrected chi connectivity index (χ2v) is 15.4. The van der Waals surface area contributed by atoms with Crippen LogP contribution in [-0.2, 0) is 27.6 Å². The van der Waals surface area contributed by atoms with Gasteiger partial charge in [-0.3, -0.25) is 5.41 Å². The molecule has 6 rings (SSSR count). The van der Waals surface area contributed by atoms with Crippen LogP contribution in [0.15, 0.2) is 111 Å². The molecular weight excluding hydrogens is 677 g/mol. The maximum Gasteiger partial charge on any atom is 0.240 e. The first-order chi connectivity index (χ1) is 24.7. The molecule has 5 aromatic rings. The lowest BCUT2D eigenvalue weighted by atomic mass is 9.88. The number of nitrogens with two attached hydrogens (primary N) is 1. The molecule has 4 N–H and O–H groups in total. The number of nitrogens with zero attached hydrogens (tertiary/aromatic N) is 1. The average Bonchev–Trinajstić information content (AvgIpc) is 3.41. The fourth-order valence-corrected chi connectivity index (χ4v) is 8.34. The largest absolute Gasteiger partial charge is 0.457 e. The van der Waals surface area contributed by atoms with Crippen molar-refractivity contribution in [3.05, 3.63) is 113 Å². The van der Waals surface area contributed by atoms with Crippen molar-refractivity contribution < 1.29 is 17.9 Å². The zero-order chi connectivity index (χ0) is 36.0. The molecule has 1 aliphatic rings. The van der Waals surface area contributed by atoms with E-state index in [0.29, 0.717) is 42.3 Å². The van der Waals surface area contributed by atoms with Gasteiger partial charge in [0.1, 0.15) is 17.3 Å². The number of hydrogen-bond acceptors (Lipinski definition) is 7. The second-order valence-electron chi connectivity index (χ2n) is 12.5. The van der Waals surface area contributed by atoms with Crippen LogP contribution in [0.3, 0.4) is 0 Å². The number of unbranched alkanes of at least 4 members (excludes halogenated alkanes) is 1. The minimum atomic E-state index is -3.78. The highest BCUT2D eigenvalue weighted by atomic mass is 32.2. The summed E-state index contributed by atoms with van der Waals surface area (Å²) in [6.45, 7) is 7.56. The molecule has 5 aromatic carbocycles. The van der Waals surface area contributed by atoms with Gasteiger partial charge < -0.3 is 15.2 Å². The standard InChI is InChI=1S/C41H44N4O4S2/c1-4-7-12-28-21-30-25-35-39(41(43)45-40(35)42)38(29-14-9-17-33(24-29)50-32-16-8-13-27(5-2)22-32)37(30)36(23-28)49-31-15-10-18-34(26-31)51(46,47)44-19-11-20-48-6-3/h8-10,13-18,21-26,44H,4-7,11-12,19-20H2,1-3H3,(H3,42,43,45). The number of amidine groups is 2. The molecular formula is C41H44N4O4S2. The number of benzene rings is 5. The Bertz CT molecular complexity index is 2220. The van der Waals surface area contributed by atoms with E-state index in [0.717, 1.165) is 62.9 Å². The molecule has 264 valence electrons. The van der Waals surface area contributed by atoms with E-state index >= 15 is 0 Å². The van der Waals surface area contributed by atoms with Crippen molar-refractivity contribution in [1.82, 2.24) is 4.72 Å². The van der Waals surface area contributed by atoms with E-state index < -0.39 is 10.0 Å². The molecule has 8 nitrogen and oxygen atoms in total. The second kappa shape index (κ2) is 16.2. The van der Waals surface area contributed by atoms with Gasteiger partial charge >= 0.3 is 0 Å². The Hall–Kier alpha value is -4.48. The molecule has 0 radical (unpaired) electrons. The van der Waals surface area contributed by atoms with E-state index in [1.54, 1.807) is 36.0 Å². The normalized spacial score (nSPS) is 12.7. The summed E-state index contributed by atoms with van der Waals surface area (Å²) >= 11 is 1.69. The number of ether oxygens (including phenoxy) is 2. The SMILES string of the molecule is CCCCc1cc(Oc2cccc(S(=O)(=O)NCCCOCC)c2)c2c(-c3cccc(Sc4cccc(CC)c4)c3)c3c(cc2c1)C(=N)N=C3N. The highest BCUT2D eigenvalue weighted by Gasteiger charge is 2.28. The third kappa shape index (κ3) is 8.37. The van der Waals surface area contributed by atoms with Gasteiger partial charge in [-0.15, -0.1) is 0 Å². The molecule has 51 heavy (non-hydrogen) atoms. The molecule has 0 saturated heterocycles. The van der Waals surface area contributed by atoms with Gasteiger partial charge in [0.25, 0.3) is 0 Å². The van der Waals surface area contributed by atoms with Crippen molar-refractivity contribution in [3.63, 3.8) is 0 Å². The predicted octanol–water partition coefficient (Wildman–Crippen LogP) is 9.10. The average molecular weight is 721 g/mol. The number of fused-ring (bicyclic) bond motifs is 2. The smallest absolute Gasteiger partial charge is 0.240 e. The first kappa shape index (κ1) is 36.3. The number of hydrogen-bond donors (Lipinski definition) is 3. The Morgan fingerprint density at radius 1 is 0.863 bits per heavy atom. The maximum atomic E-state index is 13.2. The predicted molar refractivity (Wildman–Crippen MR) is 208 cm³/mol. The van der Waals surface area contributed by atoms with E-state index in [9.17, 15) is 8.42 Å². The van der Waals surface area contributed by atoms with Crippen LogP contribution in [0.1, 0.15) is 62.3 Å². The van der Waals surface area contributed by atoms with Gasteiger partial charge in [-0.2, -0.15) is 0 Å². The van der Waals surface area contributed by atoms with Crippen LogP contribution in [0.5, 0.6) is 11.5 Å². The van der Waals surface area contributed by atoms with Crippen LogP contribution in [0.25, 0.3) is 21.9 Å². The number of aliphatic imine (C=N–C) groups is 1. The molecule has 0 bridgehead atoms. The molecule has 0 unspecified atom stereocenters. The molecule has 0 aliphatic carbocycles. The van der Waals surface area contributed by atoms with Crippen LogP contribution < -0.4 is 15.2 Å². The van der Waals surface area contributed by atoms with Gasteiger partial charge in [0.15, 0.2) is 5.84 Å². The van der Waals surface area contributed by atoms with Crippen molar-refractivity contribution in [2.45, 2.75) is 67.6 Å². The summed E-state index contributed by atoms with van der Waals surface area (Å²) < 4.78 is 41.2. The number of nitrogens with one attached hydrogen (secondary N) is 2. The first-order valence-corrected chi connectivity index (χ1v) is 19.8. The third-order valence-electron chi connectivity index (χ3n) is 8.79. The summed E-state index contributed by atoms with van der Waals surface area (Å²) in [4.78, 5) is 6.72. The molecule has 0 fully saturated rings. The van der Waals surface area contributed by atoms with E-state index in [4.69, 9.17) is 20.6 Å². The summed E-state index contributed by atoms with van der Waals surface area (Å²) in [5.74, 6) is 1.38. The molecule has 0 saturated carbocycles. The van der Waals surface area contributed by atoms with Gasteiger partial charge in [-0.05, 0) is 103 Å². The summed E-state index contributed by atoms with van der Waals surface area (Å²) in [6.07, 6.45) is 4.40. The van der Waals surface area contributed by atoms with E-state index in [1.165, 1.54) is 5.56 Å². The van der Waals surface area contributed by atoms with Crippen LogP contribution in [-0.4, -0.2) is 39.8 Å².